The number of hydrogen-bond acceptors (Lipinski definition) is 2. The van der Waals surface area contributed by atoms with E-state index in [4.69, 9.17) is 16.3 Å². The highest BCUT2D eigenvalue weighted by Crippen LogP contribution is 2.27. The van der Waals surface area contributed by atoms with Crippen molar-refractivity contribution in [1.82, 2.24) is 4.98 Å². The van der Waals surface area contributed by atoms with E-state index in [1.54, 1.807) is 0 Å². The molecular weight excluding hydrogens is 258 g/mol. The molecular formula is C16H18ClNO. The van der Waals surface area contributed by atoms with Crippen molar-refractivity contribution in [2.75, 3.05) is 0 Å². The van der Waals surface area contributed by atoms with E-state index in [0.717, 1.165) is 29.0 Å². The topological polar surface area (TPSA) is 22.1 Å². The summed E-state index contributed by atoms with van der Waals surface area (Å²) in [6.45, 7) is 6.12. The van der Waals surface area contributed by atoms with Gasteiger partial charge in [-0.05, 0) is 49.6 Å². The predicted octanol–water partition coefficient (Wildman–Crippen LogP) is 4.79. The summed E-state index contributed by atoms with van der Waals surface area (Å²) >= 11 is 5.98. The number of hydrogen-bond donors (Lipinski definition) is 0. The van der Waals surface area contributed by atoms with E-state index >= 15 is 0 Å². The molecule has 0 spiro atoms. The van der Waals surface area contributed by atoms with Crippen LogP contribution in [0.2, 0.25) is 0 Å². The first-order chi connectivity index (χ1) is 9.13. The summed E-state index contributed by atoms with van der Waals surface area (Å²) in [6.07, 6.45) is 1.02. The average Bonchev–Trinajstić information content (AvgIpc) is 2.39. The molecule has 0 aliphatic carbocycles. The van der Waals surface area contributed by atoms with Crippen molar-refractivity contribution in [3.8, 4) is 11.6 Å². The highest BCUT2D eigenvalue weighted by Gasteiger charge is 2.10. The maximum Gasteiger partial charge on any atom is 0.224 e. The third-order valence-electron chi connectivity index (χ3n) is 3.12. The first-order valence-electron chi connectivity index (χ1n) is 6.44. The fourth-order valence-corrected chi connectivity index (χ4v) is 2.31. The van der Waals surface area contributed by atoms with Crippen LogP contribution in [0.25, 0.3) is 0 Å². The molecule has 0 radical (unpaired) electrons. The van der Waals surface area contributed by atoms with E-state index in [1.165, 1.54) is 5.56 Å². The predicted molar refractivity (Wildman–Crippen MR) is 79.2 cm³/mol. The van der Waals surface area contributed by atoms with Gasteiger partial charge in [-0.1, -0.05) is 19.1 Å². The zero-order valence-electron chi connectivity index (χ0n) is 11.5. The van der Waals surface area contributed by atoms with E-state index in [1.807, 2.05) is 32.0 Å². The van der Waals surface area contributed by atoms with Gasteiger partial charge in [0.05, 0.1) is 5.88 Å². The van der Waals surface area contributed by atoms with Crippen LogP contribution in [0.15, 0.2) is 30.3 Å². The van der Waals surface area contributed by atoms with Gasteiger partial charge in [0.1, 0.15) is 5.75 Å². The van der Waals surface area contributed by atoms with Crippen LogP contribution in [-0.2, 0) is 12.3 Å². The van der Waals surface area contributed by atoms with Crippen LogP contribution in [-0.4, -0.2) is 4.98 Å². The summed E-state index contributed by atoms with van der Waals surface area (Å²) in [5, 5.41) is 0. The SMILES string of the molecule is CCc1ccc(Oc2nc(C)cc(C)c2CCl)cc1. The quantitative estimate of drug-likeness (QED) is 0.748. The van der Waals surface area contributed by atoms with E-state index in [-0.39, 0.29) is 0 Å². The van der Waals surface area contributed by atoms with Gasteiger partial charge in [0.2, 0.25) is 5.88 Å². The van der Waals surface area contributed by atoms with Crippen molar-refractivity contribution in [3.05, 3.63) is 52.7 Å². The Morgan fingerprint density at radius 2 is 1.84 bits per heavy atom. The Kier molecular flexibility index (Phi) is 4.43. The zero-order valence-corrected chi connectivity index (χ0v) is 12.3. The third kappa shape index (κ3) is 3.27. The van der Waals surface area contributed by atoms with Gasteiger partial charge in [-0.2, -0.15) is 0 Å². The summed E-state index contributed by atoms with van der Waals surface area (Å²) in [6, 6.07) is 10.1. The second-order valence-electron chi connectivity index (χ2n) is 4.60. The number of pyridine rings is 1. The van der Waals surface area contributed by atoms with Crippen LogP contribution in [0, 0.1) is 13.8 Å². The molecule has 19 heavy (non-hydrogen) atoms. The highest BCUT2D eigenvalue weighted by molar-refractivity contribution is 6.17. The molecule has 2 nitrogen and oxygen atoms in total. The van der Waals surface area contributed by atoms with Crippen molar-refractivity contribution >= 4 is 11.6 Å². The Hall–Kier alpha value is -1.54. The molecule has 0 amide bonds. The standard InChI is InChI=1S/C16H18ClNO/c1-4-13-5-7-14(8-6-13)19-16-15(10-17)11(2)9-12(3)18-16/h5-9H,4,10H2,1-3H3. The molecule has 1 heterocycles. The maximum absolute atomic E-state index is 5.98. The smallest absolute Gasteiger partial charge is 0.224 e. The Labute approximate surface area is 119 Å². The maximum atomic E-state index is 5.98. The molecule has 0 unspecified atom stereocenters. The van der Waals surface area contributed by atoms with E-state index in [2.05, 4.69) is 24.0 Å². The lowest BCUT2D eigenvalue weighted by Gasteiger charge is -2.12. The monoisotopic (exact) mass is 275 g/mol. The van der Waals surface area contributed by atoms with Gasteiger partial charge < -0.3 is 4.74 Å². The van der Waals surface area contributed by atoms with Crippen LogP contribution in [0.3, 0.4) is 0 Å². The minimum atomic E-state index is 0.404. The zero-order chi connectivity index (χ0) is 13.8. The summed E-state index contributed by atoms with van der Waals surface area (Å²) in [4.78, 5) is 4.44. The number of rotatable bonds is 4. The molecule has 0 aliphatic heterocycles. The van der Waals surface area contributed by atoms with Gasteiger partial charge in [-0.3, -0.25) is 0 Å². The summed E-state index contributed by atoms with van der Waals surface area (Å²) in [5.74, 6) is 1.81. The first kappa shape index (κ1) is 13.9. The molecule has 0 bridgehead atoms. The van der Waals surface area contributed by atoms with Crippen molar-refractivity contribution in [2.24, 2.45) is 0 Å². The van der Waals surface area contributed by atoms with Crippen molar-refractivity contribution < 1.29 is 4.74 Å². The van der Waals surface area contributed by atoms with E-state index in [0.29, 0.717) is 11.8 Å². The lowest BCUT2D eigenvalue weighted by Crippen LogP contribution is -1.98. The van der Waals surface area contributed by atoms with Crippen LogP contribution in [0.1, 0.15) is 29.3 Å². The molecule has 0 atom stereocenters. The minimum Gasteiger partial charge on any atom is -0.439 e. The number of alkyl halides is 1. The average molecular weight is 276 g/mol. The molecule has 0 fully saturated rings. The van der Waals surface area contributed by atoms with Crippen molar-refractivity contribution in [1.29, 1.82) is 0 Å². The number of nitrogens with zero attached hydrogens (tertiary/aromatic N) is 1. The molecule has 2 rings (SSSR count). The molecule has 0 saturated carbocycles. The summed E-state index contributed by atoms with van der Waals surface area (Å²) in [7, 11) is 0. The minimum absolute atomic E-state index is 0.404. The third-order valence-corrected chi connectivity index (χ3v) is 3.38. The number of benzene rings is 1. The van der Waals surface area contributed by atoms with Gasteiger partial charge in [0, 0.05) is 11.3 Å². The number of halogens is 1. The summed E-state index contributed by atoms with van der Waals surface area (Å²) in [5.41, 5.74) is 4.29. The first-order valence-corrected chi connectivity index (χ1v) is 6.97. The number of ether oxygens (including phenoxy) is 1. The van der Waals surface area contributed by atoms with E-state index < -0.39 is 0 Å². The van der Waals surface area contributed by atoms with Crippen LogP contribution in [0.4, 0.5) is 0 Å². The fraction of sp³-hybridized carbons (Fsp3) is 0.312. The van der Waals surface area contributed by atoms with Gasteiger partial charge >= 0.3 is 0 Å². The highest BCUT2D eigenvalue weighted by atomic mass is 35.5. The Morgan fingerprint density at radius 3 is 2.42 bits per heavy atom. The van der Waals surface area contributed by atoms with Gasteiger partial charge in [-0.25, -0.2) is 4.98 Å². The lowest BCUT2D eigenvalue weighted by molar-refractivity contribution is 0.456. The summed E-state index contributed by atoms with van der Waals surface area (Å²) < 4.78 is 5.87. The molecule has 1 aromatic carbocycles. The molecule has 3 heteroatoms. The molecule has 0 N–H and O–H groups in total. The molecule has 2 aromatic rings. The largest absolute Gasteiger partial charge is 0.439 e. The molecule has 0 saturated heterocycles. The Bertz CT molecular complexity index is 564. The van der Waals surface area contributed by atoms with Crippen molar-refractivity contribution in [2.45, 2.75) is 33.1 Å². The normalized spacial score (nSPS) is 10.5. The fourth-order valence-electron chi connectivity index (χ4n) is 1.98. The van der Waals surface area contributed by atoms with Gasteiger partial charge in [0.15, 0.2) is 0 Å². The van der Waals surface area contributed by atoms with Crippen LogP contribution in [0.5, 0.6) is 11.6 Å². The molecule has 1 aromatic heterocycles. The molecule has 100 valence electrons. The van der Waals surface area contributed by atoms with Crippen molar-refractivity contribution in [3.63, 3.8) is 0 Å². The molecule has 0 aliphatic rings. The van der Waals surface area contributed by atoms with Gasteiger partial charge in [-0.15, -0.1) is 11.6 Å². The number of aryl methyl sites for hydroxylation is 3. The Balaban J connectivity index is 2.31. The second-order valence-corrected chi connectivity index (χ2v) is 4.86. The van der Waals surface area contributed by atoms with Crippen LogP contribution >= 0.6 is 11.6 Å². The van der Waals surface area contributed by atoms with E-state index in [9.17, 15) is 0 Å². The van der Waals surface area contributed by atoms with Crippen LogP contribution < -0.4 is 4.74 Å². The van der Waals surface area contributed by atoms with Gasteiger partial charge in [0.25, 0.3) is 0 Å². The Morgan fingerprint density at radius 1 is 1.16 bits per heavy atom. The lowest BCUT2D eigenvalue weighted by atomic mass is 10.1. The second kappa shape index (κ2) is 6.07. The number of aromatic nitrogens is 1.